The normalized spacial score (nSPS) is 11.3. The lowest BCUT2D eigenvalue weighted by Crippen LogP contribution is -2.40. The molecule has 0 fully saturated rings. The monoisotopic (exact) mass is 611 g/mol. The van der Waals surface area contributed by atoms with Gasteiger partial charge in [0, 0.05) is 37.5 Å². The molecule has 10 heteroatoms. The minimum atomic E-state index is -0.639. The number of ether oxygens (including phenoxy) is 1. The van der Waals surface area contributed by atoms with Crippen LogP contribution in [0.5, 0.6) is 0 Å². The van der Waals surface area contributed by atoms with E-state index in [1.54, 1.807) is 11.1 Å². The molecular weight excluding hydrogens is 566 g/mol. The number of methoxy groups -OCH3 is 1. The molecular formula is C35H45N7O3. The van der Waals surface area contributed by atoms with E-state index in [2.05, 4.69) is 91.4 Å². The highest BCUT2D eigenvalue weighted by Gasteiger charge is 2.16. The van der Waals surface area contributed by atoms with Gasteiger partial charge in [-0.3, -0.25) is 9.79 Å². The average molecular weight is 612 g/mol. The number of hydrogen-bond acceptors (Lipinski definition) is 7. The molecule has 0 spiro atoms. The molecule has 0 saturated carbocycles. The number of nitrogens with one attached hydrogen (secondary N) is 3. The minimum absolute atomic E-state index is 0.134. The third-order valence-electron chi connectivity index (χ3n) is 7.06. The van der Waals surface area contributed by atoms with Crippen molar-refractivity contribution in [3.63, 3.8) is 0 Å². The van der Waals surface area contributed by atoms with Gasteiger partial charge in [0.2, 0.25) is 5.91 Å². The number of carbonyl (C=O) groups is 2. The second-order valence-corrected chi connectivity index (χ2v) is 10.5. The predicted molar refractivity (Wildman–Crippen MR) is 181 cm³/mol. The molecule has 3 aromatic rings. The number of nitrogens with zero attached hydrogens (tertiary/aromatic N) is 4. The van der Waals surface area contributed by atoms with Gasteiger partial charge in [0.05, 0.1) is 37.4 Å². The van der Waals surface area contributed by atoms with Crippen molar-refractivity contribution in [2.45, 2.75) is 40.2 Å². The summed E-state index contributed by atoms with van der Waals surface area (Å²) in [6.07, 6.45) is 6.79. The maximum absolute atomic E-state index is 12.6. The number of amides is 2. The van der Waals surface area contributed by atoms with E-state index in [4.69, 9.17) is 0 Å². The van der Waals surface area contributed by atoms with Crippen LogP contribution < -0.4 is 10.6 Å². The average Bonchev–Trinajstić information content (AvgIpc) is 3.52. The van der Waals surface area contributed by atoms with E-state index in [9.17, 15) is 9.59 Å². The van der Waals surface area contributed by atoms with Gasteiger partial charge in [-0.25, -0.2) is 9.78 Å². The Hall–Kier alpha value is -4.88. The van der Waals surface area contributed by atoms with Crippen LogP contribution in [0, 0.1) is 11.8 Å². The van der Waals surface area contributed by atoms with Gasteiger partial charge in [0.25, 0.3) is 0 Å². The van der Waals surface area contributed by atoms with Gasteiger partial charge < -0.3 is 30.2 Å². The number of H-pyrrole nitrogens is 1. The lowest BCUT2D eigenvalue weighted by molar-refractivity contribution is -0.130. The molecule has 0 atom stereocenters. The van der Waals surface area contributed by atoms with Gasteiger partial charge in [-0.2, -0.15) is 0 Å². The molecule has 0 aliphatic heterocycles. The fourth-order valence-corrected chi connectivity index (χ4v) is 4.77. The van der Waals surface area contributed by atoms with Crippen molar-refractivity contribution in [2.24, 2.45) is 4.99 Å². The third-order valence-corrected chi connectivity index (χ3v) is 7.06. The molecule has 0 saturated heterocycles. The predicted octanol–water partition coefficient (Wildman–Crippen LogP) is 5.14. The van der Waals surface area contributed by atoms with Crippen LogP contribution in [-0.2, 0) is 16.1 Å². The summed E-state index contributed by atoms with van der Waals surface area (Å²) < 4.78 is 4.56. The number of imidazole rings is 1. The van der Waals surface area contributed by atoms with Gasteiger partial charge in [-0.15, -0.1) is 5.92 Å². The van der Waals surface area contributed by atoms with Gasteiger partial charge >= 0.3 is 6.09 Å². The van der Waals surface area contributed by atoms with E-state index < -0.39 is 6.09 Å². The Labute approximate surface area is 267 Å². The number of aromatic nitrogens is 2. The summed E-state index contributed by atoms with van der Waals surface area (Å²) in [6, 6.07) is 14.5. The molecule has 1 aromatic heterocycles. The number of rotatable bonds is 15. The maximum atomic E-state index is 12.6. The van der Waals surface area contributed by atoms with Crippen molar-refractivity contribution in [3.05, 3.63) is 71.8 Å². The molecule has 0 aliphatic carbocycles. The number of aromatic amines is 1. The maximum Gasteiger partial charge on any atom is 0.407 e. The second-order valence-electron chi connectivity index (χ2n) is 10.5. The van der Waals surface area contributed by atoms with E-state index >= 15 is 0 Å². The quantitative estimate of drug-likeness (QED) is 0.162. The highest BCUT2D eigenvalue weighted by Crippen LogP contribution is 2.29. The van der Waals surface area contributed by atoms with Crippen molar-refractivity contribution in [2.75, 3.05) is 47.4 Å². The molecule has 2 aromatic carbocycles. The highest BCUT2D eigenvalue weighted by atomic mass is 16.5. The molecule has 0 bridgehead atoms. The van der Waals surface area contributed by atoms with Crippen LogP contribution in [0.15, 0.2) is 59.9 Å². The minimum Gasteiger partial charge on any atom is -0.453 e. The topological polar surface area (TPSA) is 115 Å². The van der Waals surface area contributed by atoms with Gasteiger partial charge in [0.1, 0.15) is 12.4 Å². The SMILES string of the molecule is CC#Cc1cc(/C(=C/N=CCN(C)CCC)NC)ccc1-c1ccc(-c2cnc(CN(CCC)C(=O)CNC(=O)OC)[nH]2)cc1. The Morgan fingerprint density at radius 2 is 1.82 bits per heavy atom. The fraction of sp³-hybridized carbons (Fsp3) is 0.371. The second kappa shape index (κ2) is 18.0. The summed E-state index contributed by atoms with van der Waals surface area (Å²) in [4.78, 5) is 40.3. The molecule has 10 nitrogen and oxygen atoms in total. The Morgan fingerprint density at radius 1 is 1.09 bits per heavy atom. The van der Waals surface area contributed by atoms with E-state index in [-0.39, 0.29) is 12.5 Å². The number of alkyl carbamates (subject to hydrolysis) is 1. The summed E-state index contributed by atoms with van der Waals surface area (Å²) in [7, 11) is 5.25. The van der Waals surface area contributed by atoms with Crippen molar-refractivity contribution in [1.29, 1.82) is 0 Å². The Kier molecular flexibility index (Phi) is 13.9. The van der Waals surface area contributed by atoms with E-state index in [1.807, 2.05) is 45.4 Å². The first-order valence-electron chi connectivity index (χ1n) is 15.2. The molecule has 3 N–H and O–H groups in total. The molecule has 3 rings (SSSR count). The first-order chi connectivity index (χ1) is 21.8. The molecule has 45 heavy (non-hydrogen) atoms. The largest absolute Gasteiger partial charge is 0.453 e. The van der Waals surface area contributed by atoms with Gasteiger partial charge in [0.15, 0.2) is 0 Å². The number of benzene rings is 2. The van der Waals surface area contributed by atoms with E-state index in [0.29, 0.717) is 18.9 Å². The molecule has 1 heterocycles. The Bertz CT molecular complexity index is 1530. The Balaban J connectivity index is 1.76. The summed E-state index contributed by atoms with van der Waals surface area (Å²) in [6.45, 7) is 8.56. The number of carbonyl (C=O) groups excluding carboxylic acids is 2. The van der Waals surface area contributed by atoms with Crippen LogP contribution in [0.1, 0.15) is 50.6 Å². The summed E-state index contributed by atoms with van der Waals surface area (Å²) >= 11 is 0. The number of hydrogen-bond donors (Lipinski definition) is 3. The standard InChI is InChI=1S/C35H45N7O3/c1-7-10-28-21-29(31(36-4)22-37-17-20-41(5)18-8-2)15-16-30(28)26-11-13-27(14-12-26)32-23-38-33(40-32)25-42(19-9-3)34(43)24-39-35(44)45-6/h11-17,21-23,36H,8-9,18-20,24-25H2,1-6H3,(H,38,40)(H,39,44)/b31-22-,37-17?. The van der Waals surface area contributed by atoms with Crippen LogP contribution in [0.4, 0.5) is 4.79 Å². The fourth-order valence-electron chi connectivity index (χ4n) is 4.77. The first-order valence-corrected chi connectivity index (χ1v) is 15.2. The van der Waals surface area contributed by atoms with Crippen LogP contribution in [0.25, 0.3) is 28.1 Å². The van der Waals surface area contributed by atoms with Crippen LogP contribution >= 0.6 is 0 Å². The Morgan fingerprint density at radius 3 is 2.49 bits per heavy atom. The molecule has 238 valence electrons. The third kappa shape index (κ3) is 10.4. The molecule has 2 amide bonds. The lowest BCUT2D eigenvalue weighted by Gasteiger charge is -2.21. The zero-order valence-corrected chi connectivity index (χ0v) is 27.2. The summed E-state index contributed by atoms with van der Waals surface area (Å²) in [5.41, 5.74) is 6.77. The van der Waals surface area contributed by atoms with Gasteiger partial charge in [-0.05, 0) is 56.1 Å². The summed E-state index contributed by atoms with van der Waals surface area (Å²) in [5, 5.41) is 5.70. The summed E-state index contributed by atoms with van der Waals surface area (Å²) in [5.74, 6) is 6.77. The highest BCUT2D eigenvalue weighted by molar-refractivity contribution is 5.82. The molecule has 0 aliphatic rings. The van der Waals surface area contributed by atoms with Crippen LogP contribution in [0.2, 0.25) is 0 Å². The molecule has 0 radical (unpaired) electrons. The lowest BCUT2D eigenvalue weighted by atomic mass is 9.96. The van der Waals surface area contributed by atoms with Gasteiger partial charge in [-0.1, -0.05) is 56.2 Å². The van der Waals surface area contributed by atoms with Crippen molar-refractivity contribution in [1.82, 2.24) is 30.4 Å². The van der Waals surface area contributed by atoms with Crippen molar-refractivity contribution in [3.8, 4) is 34.2 Å². The zero-order chi connectivity index (χ0) is 32.6. The van der Waals surface area contributed by atoms with Crippen LogP contribution in [0.3, 0.4) is 0 Å². The van der Waals surface area contributed by atoms with Crippen molar-refractivity contribution >= 4 is 23.9 Å². The smallest absolute Gasteiger partial charge is 0.407 e. The van der Waals surface area contributed by atoms with Crippen LogP contribution in [-0.4, -0.2) is 85.4 Å². The first kappa shape index (κ1) is 34.6. The van der Waals surface area contributed by atoms with E-state index in [0.717, 1.165) is 65.1 Å². The molecule has 0 unspecified atom stereocenters. The zero-order valence-electron chi connectivity index (χ0n) is 27.2. The van der Waals surface area contributed by atoms with Crippen molar-refractivity contribution < 1.29 is 14.3 Å². The van der Waals surface area contributed by atoms with E-state index in [1.165, 1.54) is 7.11 Å². The number of aliphatic imine (C=N–C) groups is 1.